The topological polar surface area (TPSA) is 29.1 Å². The summed E-state index contributed by atoms with van der Waals surface area (Å²) in [7, 11) is 0. The van der Waals surface area contributed by atoms with E-state index in [2.05, 4.69) is 21.2 Å². The second-order valence-electron chi connectivity index (χ2n) is 3.89. The number of amides is 1. The predicted octanol–water partition coefficient (Wildman–Crippen LogP) is 3.63. The van der Waals surface area contributed by atoms with Gasteiger partial charge < -0.3 is 5.32 Å². The number of halogens is 3. The first-order valence-corrected chi connectivity index (χ1v) is 6.84. The molecule has 0 aromatic heterocycles. The van der Waals surface area contributed by atoms with E-state index in [0.717, 1.165) is 11.8 Å². The molecule has 2 nitrogen and oxygen atoms in total. The van der Waals surface area contributed by atoms with Gasteiger partial charge in [0.05, 0.1) is 10.6 Å². The number of carbonyl (C=O) groups is 1. The third kappa shape index (κ3) is 4.28. The van der Waals surface area contributed by atoms with E-state index >= 15 is 0 Å². The largest absolute Gasteiger partial charge is 0.352 e. The van der Waals surface area contributed by atoms with Gasteiger partial charge in [0.2, 0.25) is 0 Å². The van der Waals surface area contributed by atoms with Crippen LogP contribution in [0, 0.1) is 11.7 Å². The summed E-state index contributed by atoms with van der Waals surface area (Å²) in [5.74, 6) is -0.547. The second-order valence-corrected chi connectivity index (χ2v) is 5.07. The molecule has 5 heteroatoms. The van der Waals surface area contributed by atoms with Gasteiger partial charge in [-0.3, -0.25) is 4.79 Å². The Morgan fingerprint density at radius 3 is 2.94 bits per heavy atom. The number of benzene rings is 1. The molecule has 0 saturated carbocycles. The van der Waals surface area contributed by atoms with Gasteiger partial charge in [0.25, 0.3) is 5.91 Å². The fourth-order valence-electron chi connectivity index (χ4n) is 1.33. The lowest BCUT2D eigenvalue weighted by Crippen LogP contribution is -2.28. The fraction of sp³-hybridized carbons (Fsp3) is 0.417. The van der Waals surface area contributed by atoms with Crippen LogP contribution in [0.2, 0.25) is 5.02 Å². The molecule has 1 atom stereocenters. The Kier molecular flexibility index (Phi) is 5.92. The monoisotopic (exact) mass is 321 g/mol. The van der Waals surface area contributed by atoms with Crippen molar-refractivity contribution in [3.8, 4) is 0 Å². The Hall–Kier alpha value is -0.610. The zero-order valence-corrected chi connectivity index (χ0v) is 11.8. The summed E-state index contributed by atoms with van der Waals surface area (Å²) < 4.78 is 13.1. The molecule has 0 aliphatic carbocycles. The molecule has 17 heavy (non-hydrogen) atoms. The molecule has 0 radical (unpaired) electrons. The van der Waals surface area contributed by atoms with Crippen molar-refractivity contribution in [2.24, 2.45) is 5.92 Å². The highest BCUT2D eigenvalue weighted by Gasteiger charge is 2.13. The van der Waals surface area contributed by atoms with Crippen LogP contribution < -0.4 is 5.32 Å². The van der Waals surface area contributed by atoms with Gasteiger partial charge in [0.1, 0.15) is 5.82 Å². The molecule has 1 amide bonds. The van der Waals surface area contributed by atoms with Gasteiger partial charge in [0.15, 0.2) is 0 Å². The summed E-state index contributed by atoms with van der Waals surface area (Å²) in [6.45, 7) is 2.59. The summed E-state index contributed by atoms with van der Waals surface area (Å²) in [4.78, 5) is 11.8. The van der Waals surface area contributed by atoms with Crippen LogP contribution in [0.25, 0.3) is 0 Å². The molecule has 0 heterocycles. The zero-order valence-electron chi connectivity index (χ0n) is 9.47. The molecule has 0 bridgehead atoms. The number of hydrogen-bond donors (Lipinski definition) is 1. The molecule has 0 saturated heterocycles. The molecule has 0 aliphatic rings. The highest BCUT2D eigenvalue weighted by Crippen LogP contribution is 2.19. The minimum atomic E-state index is -0.576. The first-order valence-electron chi connectivity index (χ1n) is 5.34. The van der Waals surface area contributed by atoms with Crippen LogP contribution in [0.3, 0.4) is 0 Å². The van der Waals surface area contributed by atoms with Crippen LogP contribution in [0.5, 0.6) is 0 Å². The van der Waals surface area contributed by atoms with Crippen molar-refractivity contribution < 1.29 is 9.18 Å². The molecule has 0 aliphatic heterocycles. The van der Waals surface area contributed by atoms with Crippen LogP contribution in [0.4, 0.5) is 4.39 Å². The minimum absolute atomic E-state index is 0.127. The maximum absolute atomic E-state index is 13.1. The van der Waals surface area contributed by atoms with E-state index in [-0.39, 0.29) is 16.5 Å². The SMILES string of the molecule is CC(CCBr)CNC(=O)c1cccc(F)c1Cl. The van der Waals surface area contributed by atoms with Gasteiger partial charge in [-0.2, -0.15) is 0 Å². The van der Waals surface area contributed by atoms with Crippen LogP contribution in [-0.2, 0) is 0 Å². The average Bonchev–Trinajstić information content (AvgIpc) is 2.30. The molecule has 94 valence electrons. The highest BCUT2D eigenvalue weighted by molar-refractivity contribution is 9.09. The zero-order chi connectivity index (χ0) is 12.8. The van der Waals surface area contributed by atoms with E-state index in [1.165, 1.54) is 18.2 Å². The van der Waals surface area contributed by atoms with Gasteiger partial charge in [-0.05, 0) is 24.5 Å². The molecule has 1 rings (SSSR count). The number of nitrogens with one attached hydrogen (secondary N) is 1. The molecular weight excluding hydrogens is 308 g/mol. The maximum Gasteiger partial charge on any atom is 0.252 e. The Balaban J connectivity index is 2.61. The highest BCUT2D eigenvalue weighted by atomic mass is 79.9. The molecule has 0 fully saturated rings. The third-order valence-corrected chi connectivity index (χ3v) is 3.25. The van der Waals surface area contributed by atoms with Gasteiger partial charge in [-0.25, -0.2) is 4.39 Å². The van der Waals surface area contributed by atoms with Gasteiger partial charge in [-0.1, -0.05) is 40.5 Å². The summed E-state index contributed by atoms with van der Waals surface area (Å²) in [6, 6.07) is 4.21. The maximum atomic E-state index is 13.1. The smallest absolute Gasteiger partial charge is 0.252 e. The van der Waals surface area contributed by atoms with Crippen LogP contribution in [0.15, 0.2) is 18.2 Å². The van der Waals surface area contributed by atoms with Crippen molar-refractivity contribution in [1.82, 2.24) is 5.32 Å². The van der Waals surface area contributed by atoms with E-state index in [1.807, 2.05) is 6.92 Å². The summed E-state index contributed by atoms with van der Waals surface area (Å²) in [5.41, 5.74) is 0.178. The van der Waals surface area contributed by atoms with E-state index in [9.17, 15) is 9.18 Å². The normalized spacial score (nSPS) is 12.2. The average molecular weight is 323 g/mol. The number of hydrogen-bond acceptors (Lipinski definition) is 1. The van der Waals surface area contributed by atoms with Gasteiger partial charge >= 0.3 is 0 Å². The summed E-state index contributed by atoms with van der Waals surface area (Å²) in [5, 5.41) is 3.51. The Labute approximate surface area is 114 Å². The number of rotatable bonds is 5. The summed E-state index contributed by atoms with van der Waals surface area (Å²) >= 11 is 9.06. The Bertz CT molecular complexity index is 400. The van der Waals surface area contributed by atoms with E-state index < -0.39 is 5.82 Å². The van der Waals surface area contributed by atoms with E-state index in [0.29, 0.717) is 12.5 Å². The Morgan fingerprint density at radius 2 is 2.29 bits per heavy atom. The molecule has 1 aromatic carbocycles. The van der Waals surface area contributed by atoms with Crippen molar-refractivity contribution in [2.75, 3.05) is 11.9 Å². The lowest BCUT2D eigenvalue weighted by atomic mass is 10.1. The molecule has 0 spiro atoms. The fourth-order valence-corrected chi connectivity index (χ4v) is 2.32. The van der Waals surface area contributed by atoms with E-state index in [4.69, 9.17) is 11.6 Å². The predicted molar refractivity (Wildman–Crippen MR) is 71.3 cm³/mol. The van der Waals surface area contributed by atoms with Crippen molar-refractivity contribution >= 4 is 33.4 Å². The minimum Gasteiger partial charge on any atom is -0.352 e. The molecule has 1 unspecified atom stereocenters. The van der Waals surface area contributed by atoms with Gasteiger partial charge in [-0.15, -0.1) is 0 Å². The standard InChI is InChI=1S/C12H14BrClFNO/c1-8(5-6-13)7-16-12(17)9-3-2-4-10(15)11(9)14/h2-4,8H,5-7H2,1H3,(H,16,17). The molecule has 1 aromatic rings. The quantitative estimate of drug-likeness (QED) is 0.824. The van der Waals surface area contributed by atoms with Crippen LogP contribution in [-0.4, -0.2) is 17.8 Å². The third-order valence-electron chi connectivity index (χ3n) is 2.41. The Morgan fingerprint density at radius 1 is 1.59 bits per heavy atom. The number of alkyl halides is 1. The second kappa shape index (κ2) is 6.97. The number of carbonyl (C=O) groups excluding carboxylic acids is 1. The molecule has 1 N–H and O–H groups in total. The first kappa shape index (κ1) is 14.5. The molecular formula is C12H14BrClFNO. The van der Waals surface area contributed by atoms with E-state index in [1.54, 1.807) is 0 Å². The summed E-state index contributed by atoms with van der Waals surface area (Å²) in [6.07, 6.45) is 0.969. The lowest BCUT2D eigenvalue weighted by Gasteiger charge is -2.11. The van der Waals surface area contributed by atoms with Crippen LogP contribution >= 0.6 is 27.5 Å². The first-order chi connectivity index (χ1) is 8.06. The van der Waals surface area contributed by atoms with Gasteiger partial charge in [0, 0.05) is 11.9 Å². The van der Waals surface area contributed by atoms with Crippen molar-refractivity contribution in [3.05, 3.63) is 34.6 Å². The lowest BCUT2D eigenvalue weighted by molar-refractivity contribution is 0.0947. The van der Waals surface area contributed by atoms with Crippen molar-refractivity contribution in [3.63, 3.8) is 0 Å². The van der Waals surface area contributed by atoms with Crippen molar-refractivity contribution in [2.45, 2.75) is 13.3 Å². The van der Waals surface area contributed by atoms with Crippen molar-refractivity contribution in [1.29, 1.82) is 0 Å². The van der Waals surface area contributed by atoms with Crippen LogP contribution in [0.1, 0.15) is 23.7 Å².